The average molecular weight is 299 g/mol. The number of hydrogen-bond acceptors (Lipinski definition) is 4. The number of thiazole rings is 1. The summed E-state index contributed by atoms with van der Waals surface area (Å²) < 4.78 is 0. The van der Waals surface area contributed by atoms with E-state index in [4.69, 9.17) is 11.6 Å². The van der Waals surface area contributed by atoms with Crippen molar-refractivity contribution in [3.8, 4) is 0 Å². The molecule has 0 radical (unpaired) electrons. The molecule has 1 heterocycles. The maximum absolute atomic E-state index is 11.4. The molecule has 1 N–H and O–H groups in total. The molecule has 0 aliphatic heterocycles. The van der Waals surface area contributed by atoms with Crippen LogP contribution < -0.4 is 5.32 Å². The van der Waals surface area contributed by atoms with Crippen LogP contribution in [0.25, 0.3) is 6.08 Å². The van der Waals surface area contributed by atoms with Crippen molar-refractivity contribution in [3.05, 3.63) is 21.7 Å². The van der Waals surface area contributed by atoms with E-state index in [1.165, 1.54) is 0 Å². The summed E-state index contributed by atoms with van der Waals surface area (Å²) in [6.07, 6.45) is 5.65. The number of amides is 1. The first-order chi connectivity index (χ1) is 9.19. The van der Waals surface area contributed by atoms with E-state index < -0.39 is 0 Å². The van der Waals surface area contributed by atoms with Gasteiger partial charge in [0.05, 0.1) is 10.7 Å². The quantitative estimate of drug-likeness (QED) is 0.817. The minimum Gasteiger partial charge on any atom is -0.356 e. The molecule has 0 saturated carbocycles. The maximum atomic E-state index is 11.4. The van der Waals surface area contributed by atoms with E-state index in [0.717, 1.165) is 15.6 Å². The number of hydrogen-bond donors (Lipinski definition) is 1. The highest BCUT2D eigenvalue weighted by molar-refractivity contribution is 7.12. The second-order valence-corrected chi connectivity index (χ2v) is 5.83. The highest BCUT2D eigenvalue weighted by Crippen LogP contribution is 2.24. The number of allylic oxidation sites excluding steroid dienone is 1. The molecule has 102 valence electrons. The van der Waals surface area contributed by atoms with Gasteiger partial charge >= 0.3 is 0 Å². The number of fused-ring (bicyclic) bond motifs is 1. The van der Waals surface area contributed by atoms with Crippen molar-refractivity contribution in [1.82, 2.24) is 10.3 Å². The Morgan fingerprint density at radius 3 is 3.11 bits per heavy atom. The Kier molecular flexibility index (Phi) is 5.10. The second-order valence-electron chi connectivity index (χ2n) is 4.28. The normalized spacial score (nSPS) is 13.4. The third kappa shape index (κ3) is 4.14. The van der Waals surface area contributed by atoms with Gasteiger partial charge in [-0.1, -0.05) is 0 Å². The second kappa shape index (κ2) is 6.82. The zero-order chi connectivity index (χ0) is 13.7. The van der Waals surface area contributed by atoms with Crippen molar-refractivity contribution in [3.63, 3.8) is 0 Å². The Hall–Kier alpha value is -1.20. The number of alkyl halides is 1. The first kappa shape index (κ1) is 14.2. The summed E-state index contributed by atoms with van der Waals surface area (Å²) in [7, 11) is 0. The smallest absolute Gasteiger partial charge is 0.220 e. The van der Waals surface area contributed by atoms with Gasteiger partial charge in [-0.2, -0.15) is 0 Å². The number of carbonyl (C=O) groups excluding carboxylic acids is 2. The molecule has 0 aromatic carbocycles. The third-order valence-corrected chi connectivity index (χ3v) is 4.13. The molecule has 0 fully saturated rings. The lowest BCUT2D eigenvalue weighted by Gasteiger charge is -2.02. The van der Waals surface area contributed by atoms with Gasteiger partial charge in [0.1, 0.15) is 0 Å². The average Bonchev–Trinajstić information content (AvgIpc) is 2.78. The van der Waals surface area contributed by atoms with E-state index in [-0.39, 0.29) is 11.7 Å². The van der Waals surface area contributed by atoms with Gasteiger partial charge < -0.3 is 5.32 Å². The fourth-order valence-electron chi connectivity index (χ4n) is 1.79. The van der Waals surface area contributed by atoms with Crippen LogP contribution in [0, 0.1) is 0 Å². The molecule has 0 saturated heterocycles. The first-order valence-electron chi connectivity index (χ1n) is 6.21. The summed E-state index contributed by atoms with van der Waals surface area (Å²) in [5.74, 6) is 0.654. The molecule has 6 heteroatoms. The van der Waals surface area contributed by atoms with Crippen molar-refractivity contribution < 1.29 is 9.59 Å². The van der Waals surface area contributed by atoms with Crippen LogP contribution in [0.5, 0.6) is 0 Å². The predicted molar refractivity (Wildman–Crippen MR) is 76.5 cm³/mol. The molecule has 2 rings (SSSR count). The van der Waals surface area contributed by atoms with Gasteiger partial charge in [0.15, 0.2) is 5.78 Å². The van der Waals surface area contributed by atoms with Crippen molar-refractivity contribution in [2.24, 2.45) is 0 Å². The Labute approximate surface area is 120 Å². The van der Waals surface area contributed by atoms with Crippen molar-refractivity contribution in [2.75, 3.05) is 12.4 Å². The molecule has 0 atom stereocenters. The topological polar surface area (TPSA) is 59.1 Å². The van der Waals surface area contributed by atoms with Crippen LogP contribution in [-0.2, 0) is 22.4 Å². The third-order valence-electron chi connectivity index (χ3n) is 2.73. The number of aromatic nitrogens is 1. The maximum Gasteiger partial charge on any atom is 0.220 e. The fraction of sp³-hybridized carbons (Fsp3) is 0.462. The molecule has 0 bridgehead atoms. The summed E-state index contributed by atoms with van der Waals surface area (Å²) in [6.45, 7) is 0.575. The van der Waals surface area contributed by atoms with E-state index >= 15 is 0 Å². The van der Waals surface area contributed by atoms with Crippen LogP contribution in [0.2, 0.25) is 0 Å². The van der Waals surface area contributed by atoms with Gasteiger partial charge in [0.2, 0.25) is 5.91 Å². The highest BCUT2D eigenvalue weighted by Gasteiger charge is 2.15. The molecule has 1 aliphatic rings. The van der Waals surface area contributed by atoms with Gasteiger partial charge in [-0.15, -0.1) is 22.9 Å². The number of halogens is 1. The van der Waals surface area contributed by atoms with Crippen LogP contribution in [0.4, 0.5) is 0 Å². The number of nitrogens with zero attached hydrogens (tertiary/aromatic N) is 1. The molecule has 0 unspecified atom stereocenters. The molecular formula is C13H15ClN2O2S. The highest BCUT2D eigenvalue weighted by atomic mass is 35.5. The number of nitrogens with one attached hydrogen (secondary N) is 1. The van der Waals surface area contributed by atoms with Crippen LogP contribution in [0.1, 0.15) is 28.4 Å². The van der Waals surface area contributed by atoms with E-state index in [1.807, 2.05) is 0 Å². The van der Waals surface area contributed by atoms with E-state index in [2.05, 4.69) is 10.3 Å². The van der Waals surface area contributed by atoms with E-state index in [0.29, 0.717) is 38.1 Å². The number of carbonyl (C=O) groups is 2. The lowest BCUT2D eigenvalue weighted by molar-refractivity contribution is -0.121. The lowest BCUT2D eigenvalue weighted by atomic mass is 10.1. The molecule has 1 aromatic heterocycles. The van der Waals surface area contributed by atoms with Gasteiger partial charge in [-0.05, 0) is 18.6 Å². The molecular weight excluding hydrogens is 284 g/mol. The van der Waals surface area contributed by atoms with Gasteiger partial charge in [-0.25, -0.2) is 4.98 Å². The monoisotopic (exact) mass is 298 g/mol. The largest absolute Gasteiger partial charge is 0.356 e. The van der Waals surface area contributed by atoms with E-state index in [9.17, 15) is 9.59 Å². The Morgan fingerprint density at radius 1 is 1.47 bits per heavy atom. The van der Waals surface area contributed by atoms with Crippen LogP contribution in [0.3, 0.4) is 0 Å². The van der Waals surface area contributed by atoms with Crippen molar-refractivity contribution in [1.29, 1.82) is 0 Å². The zero-order valence-corrected chi connectivity index (χ0v) is 12.0. The Morgan fingerprint density at radius 2 is 2.32 bits per heavy atom. The van der Waals surface area contributed by atoms with Crippen LogP contribution in [0.15, 0.2) is 6.08 Å². The van der Waals surface area contributed by atoms with Crippen LogP contribution >= 0.6 is 22.9 Å². The summed E-state index contributed by atoms with van der Waals surface area (Å²) >= 11 is 7.08. The fourth-order valence-corrected chi connectivity index (χ4v) is 2.99. The number of ketones is 1. The molecule has 19 heavy (non-hydrogen) atoms. The standard InChI is InChI=1S/C13H15ClN2O2S/c14-6-1-2-12(18)15-7-5-13-16-10-4-3-9(17)8-11(10)19-13/h3-4H,1-2,5-8H2,(H,15,18). The van der Waals surface area contributed by atoms with Crippen molar-refractivity contribution >= 4 is 40.7 Å². The van der Waals surface area contributed by atoms with E-state index in [1.54, 1.807) is 23.5 Å². The molecule has 1 amide bonds. The Bertz CT molecular complexity index is 511. The zero-order valence-electron chi connectivity index (χ0n) is 10.4. The molecule has 1 aliphatic carbocycles. The van der Waals surface area contributed by atoms with Crippen molar-refractivity contribution in [2.45, 2.75) is 25.7 Å². The minimum absolute atomic E-state index is 0.0250. The molecule has 0 spiro atoms. The van der Waals surface area contributed by atoms with Gasteiger partial charge in [-0.3, -0.25) is 9.59 Å². The van der Waals surface area contributed by atoms with Gasteiger partial charge in [0, 0.05) is 36.6 Å². The van der Waals surface area contributed by atoms with Crippen LogP contribution in [-0.4, -0.2) is 29.1 Å². The first-order valence-corrected chi connectivity index (χ1v) is 7.56. The summed E-state index contributed by atoms with van der Waals surface area (Å²) in [4.78, 5) is 28.1. The lowest BCUT2D eigenvalue weighted by Crippen LogP contribution is -2.25. The number of rotatable bonds is 6. The summed E-state index contributed by atoms with van der Waals surface area (Å²) in [5, 5.41) is 3.80. The molecule has 1 aromatic rings. The predicted octanol–water partition coefficient (Wildman–Crippen LogP) is 1.96. The SMILES string of the molecule is O=C1C=Cc2nc(CCNC(=O)CCCCl)sc2C1. The summed E-state index contributed by atoms with van der Waals surface area (Å²) in [6, 6.07) is 0. The summed E-state index contributed by atoms with van der Waals surface area (Å²) in [5.41, 5.74) is 0.896. The molecule has 4 nitrogen and oxygen atoms in total. The van der Waals surface area contributed by atoms with Gasteiger partial charge in [0.25, 0.3) is 0 Å². The Balaban J connectivity index is 1.80. The minimum atomic E-state index is 0.0250.